The topological polar surface area (TPSA) is 47.8 Å². The zero-order valence-electron chi connectivity index (χ0n) is 14.7. The van der Waals surface area contributed by atoms with Crippen molar-refractivity contribution in [1.82, 2.24) is 14.5 Å². The van der Waals surface area contributed by atoms with Crippen molar-refractivity contribution in [3.05, 3.63) is 28.9 Å². The van der Waals surface area contributed by atoms with Crippen molar-refractivity contribution >= 4 is 22.9 Å². The van der Waals surface area contributed by atoms with E-state index in [-0.39, 0.29) is 11.2 Å². The average molecular weight is 311 g/mol. The summed E-state index contributed by atoms with van der Waals surface area (Å²) in [7, 11) is 0. The number of carbonyl (C=O) groups is 1. The van der Waals surface area contributed by atoms with Gasteiger partial charge in [-0.05, 0) is 39.0 Å². The quantitative estimate of drug-likeness (QED) is 0.857. The number of pyridine rings is 1. The van der Waals surface area contributed by atoms with Crippen molar-refractivity contribution in [2.75, 3.05) is 0 Å². The van der Waals surface area contributed by atoms with Gasteiger partial charge in [-0.25, -0.2) is 4.98 Å². The van der Waals surface area contributed by atoms with Crippen molar-refractivity contribution < 1.29 is 4.79 Å². The standard InChI is InChI=1S/C19H25N3O/c1-12(23)10-19(4,5)11-22-14(3)21-17-13(2)20-16-9-7-6-8-15(16)18(17)22/h6,8H,7,9-11H2,1-5H3. The molecule has 2 heterocycles. The molecule has 23 heavy (non-hydrogen) atoms. The number of allylic oxidation sites excluding steroid dienone is 1. The van der Waals surface area contributed by atoms with Gasteiger partial charge in [-0.2, -0.15) is 0 Å². The van der Waals surface area contributed by atoms with Crippen LogP contribution in [0.4, 0.5) is 0 Å². The summed E-state index contributed by atoms with van der Waals surface area (Å²) in [6.07, 6.45) is 7.02. The second-order valence-electron chi connectivity index (χ2n) is 7.48. The lowest BCUT2D eigenvalue weighted by Gasteiger charge is -2.25. The number of rotatable bonds is 4. The molecule has 3 rings (SSSR count). The van der Waals surface area contributed by atoms with Crippen LogP contribution in [0.15, 0.2) is 6.08 Å². The first-order valence-corrected chi connectivity index (χ1v) is 8.31. The maximum atomic E-state index is 11.6. The van der Waals surface area contributed by atoms with E-state index < -0.39 is 0 Å². The van der Waals surface area contributed by atoms with Crippen molar-refractivity contribution in [2.24, 2.45) is 5.41 Å². The molecule has 1 aliphatic carbocycles. The zero-order valence-corrected chi connectivity index (χ0v) is 14.7. The smallest absolute Gasteiger partial charge is 0.130 e. The molecule has 0 unspecified atom stereocenters. The molecule has 0 amide bonds. The highest BCUT2D eigenvalue weighted by Gasteiger charge is 2.25. The number of Topliss-reactive ketones (excluding diaryl/α,β-unsaturated/α-hetero) is 1. The summed E-state index contributed by atoms with van der Waals surface area (Å²) in [5.74, 6) is 1.23. The van der Waals surface area contributed by atoms with Crippen LogP contribution in [0.2, 0.25) is 0 Å². The van der Waals surface area contributed by atoms with Gasteiger partial charge in [0.05, 0.1) is 16.9 Å². The van der Waals surface area contributed by atoms with Crippen molar-refractivity contribution in [1.29, 1.82) is 0 Å². The molecule has 0 radical (unpaired) electrons. The Kier molecular flexibility index (Phi) is 3.86. The van der Waals surface area contributed by atoms with Gasteiger partial charge >= 0.3 is 0 Å². The van der Waals surface area contributed by atoms with Gasteiger partial charge < -0.3 is 9.36 Å². The molecule has 0 bridgehead atoms. The average Bonchev–Trinajstić information content (AvgIpc) is 2.75. The lowest BCUT2D eigenvalue weighted by molar-refractivity contribution is -0.119. The Bertz CT molecular complexity index is 812. The fraction of sp³-hybridized carbons (Fsp3) is 0.526. The number of ketones is 1. The van der Waals surface area contributed by atoms with Gasteiger partial charge in [0, 0.05) is 18.5 Å². The summed E-state index contributed by atoms with van der Waals surface area (Å²) in [5, 5.41) is 0. The van der Waals surface area contributed by atoms with E-state index >= 15 is 0 Å². The van der Waals surface area contributed by atoms with Crippen molar-refractivity contribution in [3.8, 4) is 0 Å². The van der Waals surface area contributed by atoms with E-state index in [1.807, 2.05) is 13.8 Å². The molecule has 0 aliphatic heterocycles. The molecule has 0 N–H and O–H groups in total. The van der Waals surface area contributed by atoms with Crippen LogP contribution in [0.3, 0.4) is 0 Å². The minimum absolute atomic E-state index is 0.0906. The minimum Gasteiger partial charge on any atom is -0.327 e. The van der Waals surface area contributed by atoms with E-state index in [0.717, 1.165) is 36.4 Å². The first kappa shape index (κ1) is 15.9. The molecule has 122 valence electrons. The Morgan fingerprint density at radius 2 is 2.04 bits per heavy atom. The minimum atomic E-state index is -0.0906. The molecule has 0 atom stereocenters. The maximum absolute atomic E-state index is 11.6. The van der Waals surface area contributed by atoms with Crippen LogP contribution in [-0.4, -0.2) is 20.3 Å². The summed E-state index contributed by atoms with van der Waals surface area (Å²) < 4.78 is 2.28. The molecule has 0 aromatic carbocycles. The van der Waals surface area contributed by atoms with E-state index in [9.17, 15) is 4.79 Å². The predicted molar refractivity (Wildman–Crippen MR) is 93.4 cm³/mol. The summed E-state index contributed by atoms with van der Waals surface area (Å²) >= 11 is 0. The van der Waals surface area contributed by atoms with Crippen molar-refractivity contribution in [2.45, 2.75) is 60.4 Å². The van der Waals surface area contributed by atoms with Gasteiger partial charge in [0.15, 0.2) is 0 Å². The van der Waals surface area contributed by atoms with E-state index in [0.29, 0.717) is 6.42 Å². The van der Waals surface area contributed by atoms with Gasteiger partial charge in [-0.3, -0.25) is 4.98 Å². The second kappa shape index (κ2) is 5.59. The van der Waals surface area contributed by atoms with Gasteiger partial charge in [0.1, 0.15) is 17.1 Å². The third kappa shape index (κ3) is 2.94. The molecule has 4 heteroatoms. The summed E-state index contributed by atoms with van der Waals surface area (Å²) in [6.45, 7) is 10.8. The first-order valence-electron chi connectivity index (χ1n) is 8.31. The largest absolute Gasteiger partial charge is 0.327 e. The van der Waals surface area contributed by atoms with Crippen LogP contribution in [0.25, 0.3) is 17.1 Å². The molecule has 2 aromatic heterocycles. The molecule has 0 saturated carbocycles. The highest BCUT2D eigenvalue weighted by atomic mass is 16.1. The third-order valence-corrected chi connectivity index (χ3v) is 4.52. The van der Waals surface area contributed by atoms with E-state index in [2.05, 4.69) is 30.6 Å². The molecule has 0 fully saturated rings. The Balaban J connectivity index is 2.18. The van der Waals surface area contributed by atoms with Gasteiger partial charge in [-0.15, -0.1) is 0 Å². The maximum Gasteiger partial charge on any atom is 0.130 e. The van der Waals surface area contributed by atoms with Crippen LogP contribution in [-0.2, 0) is 17.8 Å². The normalized spacial score (nSPS) is 14.3. The van der Waals surface area contributed by atoms with Crippen LogP contribution in [0.1, 0.15) is 56.4 Å². The van der Waals surface area contributed by atoms with Crippen LogP contribution >= 0.6 is 0 Å². The number of hydrogen-bond acceptors (Lipinski definition) is 3. The third-order valence-electron chi connectivity index (χ3n) is 4.52. The molecular formula is C19H25N3O. The Hall–Kier alpha value is -1.97. The highest BCUT2D eigenvalue weighted by Crippen LogP contribution is 2.32. The number of hydrogen-bond donors (Lipinski definition) is 0. The lowest BCUT2D eigenvalue weighted by atomic mass is 9.87. The van der Waals surface area contributed by atoms with Crippen LogP contribution in [0.5, 0.6) is 0 Å². The lowest BCUT2D eigenvalue weighted by Crippen LogP contribution is -2.23. The number of nitrogens with zero attached hydrogens (tertiary/aromatic N) is 3. The van der Waals surface area contributed by atoms with Gasteiger partial charge in [0.2, 0.25) is 0 Å². The fourth-order valence-electron chi connectivity index (χ4n) is 3.68. The van der Waals surface area contributed by atoms with Crippen molar-refractivity contribution in [3.63, 3.8) is 0 Å². The second-order valence-corrected chi connectivity index (χ2v) is 7.48. The summed E-state index contributed by atoms with van der Waals surface area (Å²) in [6, 6.07) is 0. The van der Waals surface area contributed by atoms with E-state index in [4.69, 9.17) is 9.97 Å². The SMILES string of the molecule is CC(=O)CC(C)(C)Cn1c(C)nc2c(C)nc3c(c21)C=CCC3. The molecule has 0 saturated heterocycles. The molecular weight excluding hydrogens is 286 g/mol. The predicted octanol–water partition coefficient (Wildman–Crippen LogP) is 4.01. The molecule has 2 aromatic rings. The Labute approximate surface area is 137 Å². The number of aryl methyl sites for hydroxylation is 3. The van der Waals surface area contributed by atoms with Gasteiger partial charge in [-0.1, -0.05) is 26.0 Å². The highest BCUT2D eigenvalue weighted by molar-refractivity contribution is 5.88. The summed E-state index contributed by atoms with van der Waals surface area (Å²) in [5.41, 5.74) is 5.45. The van der Waals surface area contributed by atoms with E-state index in [1.54, 1.807) is 6.92 Å². The summed E-state index contributed by atoms with van der Waals surface area (Å²) in [4.78, 5) is 21.1. The molecule has 1 aliphatic rings. The monoisotopic (exact) mass is 311 g/mol. The fourth-order valence-corrected chi connectivity index (χ4v) is 3.68. The number of imidazole rings is 1. The van der Waals surface area contributed by atoms with Crippen LogP contribution < -0.4 is 0 Å². The Morgan fingerprint density at radius 1 is 1.30 bits per heavy atom. The molecule has 4 nitrogen and oxygen atoms in total. The Morgan fingerprint density at radius 3 is 2.74 bits per heavy atom. The molecule has 0 spiro atoms. The van der Waals surface area contributed by atoms with Gasteiger partial charge in [0.25, 0.3) is 0 Å². The van der Waals surface area contributed by atoms with Crippen LogP contribution in [0, 0.1) is 19.3 Å². The zero-order chi connectivity index (χ0) is 16.8. The number of carbonyl (C=O) groups excluding carboxylic acids is 1. The van der Waals surface area contributed by atoms with E-state index in [1.165, 1.54) is 16.8 Å². The first-order chi connectivity index (χ1) is 10.8. The number of aromatic nitrogens is 3. The number of fused-ring (bicyclic) bond motifs is 3.